The van der Waals surface area contributed by atoms with Gasteiger partial charge in [0.15, 0.2) is 0 Å². The first-order chi connectivity index (χ1) is 10.3. The van der Waals surface area contributed by atoms with Gasteiger partial charge < -0.3 is 4.74 Å². The molecule has 0 saturated carbocycles. The van der Waals surface area contributed by atoms with Gasteiger partial charge in [0.1, 0.15) is 5.75 Å². The van der Waals surface area contributed by atoms with Crippen LogP contribution in [0.1, 0.15) is 30.5 Å². The maximum Gasteiger partial charge on any atom is 0.137 e. The summed E-state index contributed by atoms with van der Waals surface area (Å²) < 4.78 is 5.65. The van der Waals surface area contributed by atoms with Crippen molar-refractivity contribution in [3.8, 4) is 5.75 Å². The molecule has 4 nitrogen and oxygen atoms in total. The number of hydrazine groups is 1. The van der Waals surface area contributed by atoms with Crippen LogP contribution in [-0.2, 0) is 0 Å². The third-order valence-electron chi connectivity index (χ3n) is 3.16. The number of pyridine rings is 1. The Labute approximate surface area is 130 Å². The highest BCUT2D eigenvalue weighted by Crippen LogP contribution is 2.30. The van der Waals surface area contributed by atoms with Crippen LogP contribution in [0.15, 0.2) is 47.6 Å². The lowest BCUT2D eigenvalue weighted by molar-refractivity contribution is 0.315. The van der Waals surface area contributed by atoms with Crippen molar-refractivity contribution in [2.75, 3.05) is 12.9 Å². The summed E-state index contributed by atoms with van der Waals surface area (Å²) in [6.45, 7) is 2.77. The van der Waals surface area contributed by atoms with Crippen molar-refractivity contribution in [3.63, 3.8) is 0 Å². The number of thioether (sulfide) groups is 1. The van der Waals surface area contributed by atoms with Crippen molar-refractivity contribution in [1.82, 2.24) is 10.4 Å². The monoisotopic (exact) mass is 303 g/mol. The van der Waals surface area contributed by atoms with E-state index in [4.69, 9.17) is 10.6 Å². The Morgan fingerprint density at radius 1 is 1.33 bits per heavy atom. The number of nitrogens with two attached hydrogens (primary N) is 1. The minimum Gasteiger partial charge on any atom is -0.492 e. The van der Waals surface area contributed by atoms with E-state index < -0.39 is 0 Å². The summed E-state index contributed by atoms with van der Waals surface area (Å²) >= 11 is 1.70. The first kappa shape index (κ1) is 15.8. The molecule has 1 heterocycles. The first-order valence-corrected chi connectivity index (χ1v) is 8.19. The maximum absolute atomic E-state index is 5.78. The third-order valence-corrected chi connectivity index (χ3v) is 3.97. The van der Waals surface area contributed by atoms with E-state index in [1.165, 1.54) is 4.90 Å². The number of aromatic nitrogens is 1. The molecule has 0 amide bonds. The molecule has 1 atom stereocenters. The van der Waals surface area contributed by atoms with Crippen molar-refractivity contribution in [2.24, 2.45) is 5.84 Å². The van der Waals surface area contributed by atoms with Crippen molar-refractivity contribution in [2.45, 2.75) is 24.3 Å². The number of hydrogen-bond acceptors (Lipinski definition) is 5. The van der Waals surface area contributed by atoms with E-state index in [9.17, 15) is 0 Å². The molecule has 0 radical (unpaired) electrons. The van der Waals surface area contributed by atoms with Gasteiger partial charge in [-0.25, -0.2) is 5.43 Å². The van der Waals surface area contributed by atoms with Crippen molar-refractivity contribution >= 4 is 11.8 Å². The lowest BCUT2D eigenvalue weighted by atomic mass is 10.0. The van der Waals surface area contributed by atoms with Gasteiger partial charge >= 0.3 is 0 Å². The molecule has 112 valence electrons. The lowest BCUT2D eigenvalue weighted by Gasteiger charge is -2.19. The molecule has 2 rings (SSSR count). The second-order valence-corrected chi connectivity index (χ2v) is 5.49. The molecule has 2 aromatic rings. The highest BCUT2D eigenvalue weighted by Gasteiger charge is 2.16. The van der Waals surface area contributed by atoms with Crippen LogP contribution in [0.4, 0.5) is 0 Å². The van der Waals surface area contributed by atoms with E-state index in [-0.39, 0.29) is 6.04 Å². The van der Waals surface area contributed by atoms with Crippen LogP contribution in [0.25, 0.3) is 0 Å². The largest absolute Gasteiger partial charge is 0.492 e. The lowest BCUT2D eigenvalue weighted by Crippen LogP contribution is -2.29. The standard InChI is InChI=1S/C16H21N3OS/c1-3-8-20-13-9-12(10-18-11-13)16(19-17)14-6-4-5-7-15(14)21-2/h4-7,9-11,16,19H,3,8,17H2,1-2H3. The van der Waals surface area contributed by atoms with Gasteiger partial charge in [-0.1, -0.05) is 25.1 Å². The number of nitrogens with one attached hydrogen (secondary N) is 1. The SMILES string of the molecule is CCCOc1cncc(C(NN)c2ccccc2SC)c1. The molecule has 0 aliphatic heterocycles. The van der Waals surface area contributed by atoms with Gasteiger partial charge in [-0.15, -0.1) is 11.8 Å². The van der Waals surface area contributed by atoms with Gasteiger partial charge in [-0.2, -0.15) is 0 Å². The normalized spacial score (nSPS) is 12.1. The molecule has 0 aliphatic rings. The molecular weight excluding hydrogens is 282 g/mol. The number of nitrogens with zero attached hydrogens (tertiary/aromatic N) is 1. The van der Waals surface area contributed by atoms with Crippen LogP contribution in [-0.4, -0.2) is 17.8 Å². The predicted molar refractivity (Wildman–Crippen MR) is 87.4 cm³/mol. The van der Waals surface area contributed by atoms with Gasteiger partial charge in [0.05, 0.1) is 18.8 Å². The Balaban J connectivity index is 2.32. The Kier molecular flexibility index (Phi) is 6.04. The van der Waals surface area contributed by atoms with Crippen LogP contribution in [0, 0.1) is 0 Å². The highest BCUT2D eigenvalue weighted by atomic mass is 32.2. The van der Waals surface area contributed by atoms with E-state index in [0.717, 1.165) is 23.3 Å². The van der Waals surface area contributed by atoms with Crippen molar-refractivity contribution < 1.29 is 4.74 Å². The Bertz CT molecular complexity index is 577. The minimum absolute atomic E-state index is 0.105. The van der Waals surface area contributed by atoms with E-state index in [1.807, 2.05) is 24.4 Å². The average Bonchev–Trinajstić information content (AvgIpc) is 2.54. The Morgan fingerprint density at radius 3 is 2.86 bits per heavy atom. The van der Waals surface area contributed by atoms with E-state index in [0.29, 0.717) is 6.61 Å². The number of hydrogen-bond donors (Lipinski definition) is 2. The molecule has 0 bridgehead atoms. The summed E-state index contributed by atoms with van der Waals surface area (Å²) in [5.41, 5.74) is 5.02. The number of ether oxygens (including phenoxy) is 1. The predicted octanol–water partition coefficient (Wildman–Crippen LogP) is 3.15. The molecule has 3 N–H and O–H groups in total. The van der Waals surface area contributed by atoms with Crippen LogP contribution in [0.2, 0.25) is 0 Å². The fraction of sp³-hybridized carbons (Fsp3) is 0.312. The molecule has 0 spiro atoms. The van der Waals surface area contributed by atoms with Gasteiger partial charge in [0, 0.05) is 11.1 Å². The number of benzene rings is 1. The molecule has 0 aliphatic carbocycles. The molecule has 21 heavy (non-hydrogen) atoms. The Morgan fingerprint density at radius 2 is 2.14 bits per heavy atom. The average molecular weight is 303 g/mol. The van der Waals surface area contributed by atoms with E-state index >= 15 is 0 Å². The van der Waals surface area contributed by atoms with Gasteiger partial charge in [-0.05, 0) is 35.9 Å². The van der Waals surface area contributed by atoms with Crippen molar-refractivity contribution in [3.05, 3.63) is 53.9 Å². The third kappa shape index (κ3) is 3.97. The zero-order chi connectivity index (χ0) is 15.1. The summed E-state index contributed by atoms with van der Waals surface area (Å²) in [5.74, 6) is 6.56. The van der Waals surface area contributed by atoms with Crippen LogP contribution < -0.4 is 16.0 Å². The van der Waals surface area contributed by atoms with Gasteiger partial charge in [-0.3, -0.25) is 10.8 Å². The number of rotatable bonds is 7. The van der Waals surface area contributed by atoms with E-state index in [2.05, 4.69) is 35.7 Å². The summed E-state index contributed by atoms with van der Waals surface area (Å²) in [5, 5.41) is 0. The zero-order valence-electron chi connectivity index (χ0n) is 12.4. The van der Waals surface area contributed by atoms with Crippen LogP contribution in [0.3, 0.4) is 0 Å². The smallest absolute Gasteiger partial charge is 0.137 e. The van der Waals surface area contributed by atoms with Gasteiger partial charge in [0.25, 0.3) is 0 Å². The quantitative estimate of drug-likeness (QED) is 0.467. The van der Waals surface area contributed by atoms with E-state index in [1.54, 1.807) is 18.0 Å². The minimum atomic E-state index is -0.105. The molecule has 0 saturated heterocycles. The second-order valence-electron chi connectivity index (χ2n) is 4.64. The summed E-state index contributed by atoms with van der Waals surface area (Å²) in [7, 11) is 0. The van der Waals surface area contributed by atoms with Crippen molar-refractivity contribution in [1.29, 1.82) is 0 Å². The first-order valence-electron chi connectivity index (χ1n) is 6.97. The fourth-order valence-electron chi connectivity index (χ4n) is 2.16. The van der Waals surface area contributed by atoms with Crippen LogP contribution in [0.5, 0.6) is 5.75 Å². The van der Waals surface area contributed by atoms with Crippen LogP contribution >= 0.6 is 11.8 Å². The fourth-order valence-corrected chi connectivity index (χ4v) is 2.80. The van der Waals surface area contributed by atoms with Gasteiger partial charge in [0.2, 0.25) is 0 Å². The Hall–Kier alpha value is -1.56. The molecule has 1 unspecified atom stereocenters. The summed E-state index contributed by atoms with van der Waals surface area (Å²) in [6, 6.07) is 10.1. The molecular formula is C16H21N3OS. The molecule has 0 fully saturated rings. The summed E-state index contributed by atoms with van der Waals surface area (Å²) in [6.07, 6.45) is 6.58. The zero-order valence-corrected chi connectivity index (χ0v) is 13.2. The maximum atomic E-state index is 5.78. The molecule has 5 heteroatoms. The highest BCUT2D eigenvalue weighted by molar-refractivity contribution is 7.98. The second kappa shape index (κ2) is 8.02. The molecule has 1 aromatic carbocycles. The topological polar surface area (TPSA) is 60.2 Å². The summed E-state index contributed by atoms with van der Waals surface area (Å²) in [4.78, 5) is 5.45. The molecule has 1 aromatic heterocycles.